The van der Waals surface area contributed by atoms with Crippen LogP contribution in [-0.4, -0.2) is 484 Å². The van der Waals surface area contributed by atoms with E-state index in [0.717, 1.165) is 0 Å². The number of carbonyl (C=O) groups excluding carboxylic acids is 3. The summed E-state index contributed by atoms with van der Waals surface area (Å²) in [6.45, 7) is 25.5. The highest BCUT2D eigenvalue weighted by Gasteiger charge is 2.75. The van der Waals surface area contributed by atoms with Gasteiger partial charge in [0.05, 0.1) is 93.5 Å². The zero-order valence-corrected chi connectivity index (χ0v) is 86.5. The Morgan fingerprint density at radius 3 is 1.48 bits per heavy atom. The molecule has 0 radical (unpaired) electrons. The zero-order chi connectivity index (χ0) is 110. The van der Waals surface area contributed by atoms with Gasteiger partial charge in [0.25, 0.3) is 0 Å². The molecule has 9 heterocycles. The first-order valence-corrected chi connectivity index (χ1v) is 51.8. The third-order valence-electron chi connectivity index (χ3n) is 35.3. The molecule has 49 nitrogen and oxygen atoms in total. The number of hydrogen-bond acceptors (Lipinski definition) is 49. The second-order valence-electron chi connectivity index (χ2n) is 45.7. The van der Waals surface area contributed by atoms with Crippen molar-refractivity contribution in [1.29, 1.82) is 0 Å². The van der Waals surface area contributed by atoms with Crippen molar-refractivity contribution >= 4 is 17.9 Å². The van der Waals surface area contributed by atoms with Crippen molar-refractivity contribution < 1.29 is 242 Å². The van der Waals surface area contributed by atoms with Crippen LogP contribution in [0.5, 0.6) is 0 Å². The summed E-state index contributed by atoms with van der Waals surface area (Å²) in [5.74, 6) is -4.71. The number of allylic oxidation sites excluding steroid dienone is 4. The summed E-state index contributed by atoms with van der Waals surface area (Å²) < 4.78 is 121. The summed E-state index contributed by atoms with van der Waals surface area (Å²) in [6, 6.07) is 0. The Labute approximate surface area is 867 Å². The number of aliphatic hydroxyl groups excluding tert-OH is 26. The first-order valence-electron chi connectivity index (χ1n) is 51.8. The molecule has 9 saturated heterocycles. The molecule has 14 aliphatic rings. The topological polar surface area (TPSA) is 762 Å². The van der Waals surface area contributed by atoms with Crippen LogP contribution in [0.4, 0.5) is 0 Å². The van der Waals surface area contributed by atoms with Crippen molar-refractivity contribution in [2.45, 2.75) is 455 Å². The maximum Gasteiger partial charge on any atom is 0.336 e. The highest BCUT2D eigenvalue weighted by Crippen LogP contribution is 2.77. The van der Waals surface area contributed by atoms with E-state index in [-0.39, 0.29) is 68.1 Å². The lowest BCUT2D eigenvalue weighted by atomic mass is 9.33. The largest absolute Gasteiger partial charge is 0.458 e. The van der Waals surface area contributed by atoms with Gasteiger partial charge in [-0.3, -0.25) is 4.79 Å². The van der Waals surface area contributed by atoms with Gasteiger partial charge in [0.15, 0.2) is 62.5 Å². The van der Waals surface area contributed by atoms with Crippen molar-refractivity contribution in [3.63, 3.8) is 0 Å². The molecule has 14 rings (SSSR count). The quantitative estimate of drug-likeness (QED) is 0.00922. The number of aliphatic hydroxyl groups is 26. The molecule has 49 heteroatoms. The molecule has 150 heavy (non-hydrogen) atoms. The smallest absolute Gasteiger partial charge is 0.336 e. The fraction of sp³-hybridized carbons (Fsp3) is 0.871. The number of esters is 3. The fourth-order valence-corrected chi connectivity index (χ4v) is 25.4. The molecule has 13 fully saturated rings. The van der Waals surface area contributed by atoms with E-state index in [4.69, 9.17) is 94.7 Å². The third kappa shape index (κ3) is 23.3. The van der Waals surface area contributed by atoms with Crippen molar-refractivity contribution in [2.75, 3.05) is 46.2 Å². The third-order valence-corrected chi connectivity index (χ3v) is 35.3. The first-order chi connectivity index (χ1) is 70.3. The molecule has 0 aromatic rings. The van der Waals surface area contributed by atoms with Crippen LogP contribution in [0, 0.1) is 50.2 Å². The lowest BCUT2D eigenvalue weighted by Crippen LogP contribution is -2.70. The van der Waals surface area contributed by atoms with Crippen LogP contribution < -0.4 is 0 Å². The Balaban J connectivity index is 0.717. The minimum Gasteiger partial charge on any atom is -0.458 e. The predicted molar refractivity (Wildman–Crippen MR) is 503 cm³/mol. The van der Waals surface area contributed by atoms with Crippen LogP contribution in [0.1, 0.15) is 167 Å². The van der Waals surface area contributed by atoms with E-state index in [1.165, 1.54) is 52.0 Å². The van der Waals surface area contributed by atoms with Crippen molar-refractivity contribution in [2.24, 2.45) is 50.2 Å². The van der Waals surface area contributed by atoms with Crippen molar-refractivity contribution in [3.8, 4) is 0 Å². The number of rotatable bonds is 35. The van der Waals surface area contributed by atoms with Crippen molar-refractivity contribution in [1.82, 2.24) is 0 Å². The second-order valence-corrected chi connectivity index (χ2v) is 45.7. The van der Waals surface area contributed by atoms with Gasteiger partial charge in [0.1, 0.15) is 182 Å². The average molecular weight is 2160 g/mol. The number of carbonyl (C=O) groups is 3. The molecular formula is C101H160O49. The molecule has 0 bridgehead atoms. The van der Waals surface area contributed by atoms with E-state index < -0.39 is 390 Å². The fourth-order valence-electron chi connectivity index (χ4n) is 25.4. The Morgan fingerprint density at radius 2 is 0.887 bits per heavy atom. The van der Waals surface area contributed by atoms with Crippen molar-refractivity contribution in [3.05, 3.63) is 60.3 Å². The predicted octanol–water partition coefficient (Wildman–Crippen LogP) is -6.57. The molecular weight excluding hydrogens is 2000 g/mol. The van der Waals surface area contributed by atoms with Gasteiger partial charge in [0, 0.05) is 17.4 Å². The molecule has 0 spiro atoms. The Kier molecular flexibility index (Phi) is 38.4. The van der Waals surface area contributed by atoms with Crippen LogP contribution >= 0.6 is 0 Å². The standard InChI is InChI=1S/C101H160O49/c1-16-96(11,149-85-71(122)60(111)48(107)38-132-85)26-18-20-40(3)82(128)143-77-42(5)136-90(75(126)69(77)120)150-97(12,17-2)27-19-21-44(33-102)83(129)141-57-32-101(93(130)148-92-81(68(119)62(113)50(35-104)139-92)147-89-76(127)79(145-88-74(125)65(116)61(112)49(34-103)137-88)78(43(6)135-89)144-87-72(123)63(114)51(36-105)138-87)46(30-94(57,7)8)45-22-23-54-98(13)28-25-56(95(9,10)53(98)24-29-99(54,14)100(45,15)31-55(101)108)142-86-73(124)66(117)64(115)52(140-86)39-133-91-80(67(118)58(109)41(4)134-91)146-84-70(121)59(110)47(106)37-131-84/h16-17,20-22,41-43,46-81,84-92,102-127H,1-2,18-19,23-39H2,3-15H3/b40-20+,44-21+/t41-,42-,43+,46+,47-,48-,49-,50-,51+,52-,53+,54-,55-,56+,57+,58+,59+,60+,61-,62-,63+,64-,65+,66+,67+,68+,69-,70-,71-,72-,73-,74-,75-,76-,77-,78+,79+,80-,81-,84+,85+,86+,87+,88+,89+,90+,91-,92+,96+,97-,98+,99-,100-,101-/m1/s1. The first kappa shape index (κ1) is 121. The van der Waals surface area contributed by atoms with Gasteiger partial charge in [-0.05, 0) is 152 Å². The van der Waals surface area contributed by atoms with E-state index in [1.54, 1.807) is 27.7 Å². The summed E-state index contributed by atoms with van der Waals surface area (Å²) in [5.41, 5.74) is -8.73. The van der Waals surface area contributed by atoms with Gasteiger partial charge < -0.3 is 228 Å². The number of ether oxygens (including phenoxy) is 20. The Bertz CT molecular complexity index is 4630. The average Bonchev–Trinajstić information content (AvgIpc) is 0.728. The normalized spacial score (nSPS) is 49.2. The van der Waals surface area contributed by atoms with E-state index in [2.05, 4.69) is 33.1 Å². The van der Waals surface area contributed by atoms with Crippen LogP contribution in [0.3, 0.4) is 0 Å². The zero-order valence-electron chi connectivity index (χ0n) is 86.5. The number of hydrogen-bond donors (Lipinski definition) is 26. The van der Waals surface area contributed by atoms with Crippen LogP contribution in [-0.2, 0) is 109 Å². The van der Waals surface area contributed by atoms with E-state index in [9.17, 15) is 138 Å². The van der Waals surface area contributed by atoms with Crippen LogP contribution in [0.15, 0.2) is 60.3 Å². The summed E-state index contributed by atoms with van der Waals surface area (Å²) in [6.07, 6.45) is -68.0. The second kappa shape index (κ2) is 47.7. The minimum atomic E-state index is -2.30. The van der Waals surface area contributed by atoms with E-state index >= 15 is 9.59 Å². The monoisotopic (exact) mass is 2160 g/mol. The van der Waals surface area contributed by atoms with Gasteiger partial charge >= 0.3 is 17.9 Å². The summed E-state index contributed by atoms with van der Waals surface area (Å²) in [4.78, 5) is 45.7. The molecule has 0 aromatic heterocycles. The van der Waals surface area contributed by atoms with Gasteiger partial charge in [0.2, 0.25) is 6.29 Å². The summed E-state index contributed by atoms with van der Waals surface area (Å²) in [5, 5.41) is 290. The minimum absolute atomic E-state index is 0.0577. The molecule has 858 valence electrons. The lowest BCUT2D eigenvalue weighted by Gasteiger charge is -2.72. The molecule has 4 saturated carbocycles. The number of fused-ring (bicyclic) bond motifs is 7. The summed E-state index contributed by atoms with van der Waals surface area (Å²) >= 11 is 0. The summed E-state index contributed by atoms with van der Waals surface area (Å²) in [7, 11) is 0. The lowest BCUT2D eigenvalue weighted by molar-refractivity contribution is -0.390. The van der Waals surface area contributed by atoms with Crippen LogP contribution in [0.2, 0.25) is 0 Å². The molecule has 54 atom stereocenters. The van der Waals surface area contributed by atoms with E-state index in [1.807, 2.05) is 20.8 Å². The molecule has 0 unspecified atom stereocenters. The van der Waals surface area contributed by atoms with Gasteiger partial charge in [-0.25, -0.2) is 9.59 Å². The van der Waals surface area contributed by atoms with Gasteiger partial charge in [-0.2, -0.15) is 0 Å². The molecule has 9 aliphatic heterocycles. The van der Waals surface area contributed by atoms with Gasteiger partial charge in [-0.1, -0.05) is 84.4 Å². The molecule has 5 aliphatic carbocycles. The molecule has 26 N–H and O–H groups in total. The highest BCUT2D eigenvalue weighted by molar-refractivity contribution is 5.89. The Hall–Kier alpha value is -4.61. The van der Waals surface area contributed by atoms with Gasteiger partial charge in [-0.15, -0.1) is 13.2 Å². The SMILES string of the molecule is C=C[C@@](C)(CC/C=C(\C)C(=O)O[C@H]1[C@H](O)[C@@H](O)[C@H](O[C@](C)(C=C)CC/C=C(\CO)C(=O)O[C@H]2C[C@]3(C(=O)O[C@@H]4O[C@H](CO)[C@@H](O)[C@H](O)[C@H]4O[C@@H]4O[C@@H](C)[C@H](O[C@@H]5O[C@@H](CO)[C@H](O)[C@H]5O)[C@@H](O[C@@H]5O[C@H](CO)[C@@H](O)[C@H](O)[C@H]5O)[C@H]4O)[C@H](O)C[C@]4(C)C(=CC[C@@H]5[C@@]6(C)CC[C@H](O[C@@H]7O[C@H](CO[C@@H]8O[C@H](C)[C@H](O)[C@H](O)[C@H]8O[C@@H]8OC[C@@H](O)[C@H](O)[C@H]8O)[C@@H](O)[C@H](O)[C@H]7O)C(C)(C)[C@@H]6CC[C@]54C)[C@@H]3CC2(C)C)O[C@@H]1C)O[C@@H]1OC[C@@H](O)[C@H](O)[C@H]1O. The van der Waals surface area contributed by atoms with E-state index in [0.29, 0.717) is 37.7 Å². The van der Waals surface area contributed by atoms with Crippen LogP contribution in [0.25, 0.3) is 0 Å². The highest BCUT2D eigenvalue weighted by atomic mass is 16.8. The molecule has 0 amide bonds. The molecule has 0 aromatic carbocycles. The maximum atomic E-state index is 16.9. The maximum absolute atomic E-state index is 16.9. The Morgan fingerprint density at radius 1 is 0.427 bits per heavy atom.